The quantitative estimate of drug-likeness (QED) is 0.580. The van der Waals surface area contributed by atoms with Crippen LogP contribution in [0.15, 0.2) is 66.7 Å². The molecule has 2 aromatic rings. The maximum atomic E-state index is 13.3. The zero-order chi connectivity index (χ0) is 21.5. The molecule has 3 aliphatic rings. The van der Waals surface area contributed by atoms with Crippen molar-refractivity contribution in [3.8, 4) is 5.75 Å². The monoisotopic (exact) mass is 416 g/mol. The van der Waals surface area contributed by atoms with Gasteiger partial charge >= 0.3 is 0 Å². The average Bonchev–Trinajstić information content (AvgIpc) is 3.47. The number of nitrogens with one attached hydrogen (secondary N) is 1. The van der Waals surface area contributed by atoms with Crippen LogP contribution in [0.2, 0.25) is 0 Å². The molecular weight excluding hydrogens is 392 g/mol. The van der Waals surface area contributed by atoms with Gasteiger partial charge in [-0.15, -0.1) is 0 Å². The molecule has 2 aliphatic carbocycles. The van der Waals surface area contributed by atoms with E-state index in [1.54, 1.807) is 31.4 Å². The Hall–Kier alpha value is -3.41. The van der Waals surface area contributed by atoms with E-state index in [4.69, 9.17) is 4.74 Å². The van der Waals surface area contributed by atoms with Crippen molar-refractivity contribution in [2.75, 3.05) is 12.4 Å². The molecule has 0 spiro atoms. The number of benzene rings is 2. The molecule has 1 saturated carbocycles. The zero-order valence-electron chi connectivity index (χ0n) is 17.2. The van der Waals surface area contributed by atoms with Crippen molar-refractivity contribution >= 4 is 23.4 Å². The molecule has 2 bridgehead atoms. The largest absolute Gasteiger partial charge is 0.497 e. The van der Waals surface area contributed by atoms with E-state index < -0.39 is 6.04 Å². The van der Waals surface area contributed by atoms with Crippen LogP contribution in [0.25, 0.3) is 0 Å². The first-order valence-electron chi connectivity index (χ1n) is 10.6. The minimum atomic E-state index is -0.894. The number of rotatable bonds is 6. The SMILES string of the molecule is COc1ccc(NC(=O)[C@H](Cc2ccccc2)N2C(=O)[C@@H]3[C@H](C2=O)[C@H]2C=C[C@H]3C2)cc1. The minimum absolute atomic E-state index is 0.110. The summed E-state index contributed by atoms with van der Waals surface area (Å²) in [4.78, 5) is 41.3. The van der Waals surface area contributed by atoms with Gasteiger partial charge in [0.25, 0.3) is 0 Å². The van der Waals surface area contributed by atoms with Gasteiger partial charge in [-0.05, 0) is 48.1 Å². The molecule has 5 rings (SSSR count). The summed E-state index contributed by atoms with van der Waals surface area (Å²) in [6.07, 6.45) is 5.26. The number of carbonyl (C=O) groups is 3. The Labute approximate surface area is 180 Å². The van der Waals surface area contributed by atoms with E-state index in [9.17, 15) is 14.4 Å². The third kappa shape index (κ3) is 3.32. The molecule has 158 valence electrons. The maximum absolute atomic E-state index is 13.3. The Bertz CT molecular complexity index is 1020. The second kappa shape index (κ2) is 7.69. The number of allylic oxidation sites excluding steroid dienone is 2. The van der Waals surface area contributed by atoms with Crippen LogP contribution < -0.4 is 10.1 Å². The summed E-state index contributed by atoms with van der Waals surface area (Å²) in [6, 6.07) is 15.6. The number of imide groups is 1. The van der Waals surface area contributed by atoms with E-state index in [-0.39, 0.29) is 47.8 Å². The fraction of sp³-hybridized carbons (Fsp3) is 0.320. The van der Waals surface area contributed by atoms with Crippen molar-refractivity contribution in [2.45, 2.75) is 18.9 Å². The molecule has 0 aromatic heterocycles. The van der Waals surface area contributed by atoms with Gasteiger partial charge in [0.1, 0.15) is 11.8 Å². The van der Waals surface area contributed by atoms with Crippen LogP contribution >= 0.6 is 0 Å². The predicted molar refractivity (Wildman–Crippen MR) is 115 cm³/mol. The predicted octanol–water partition coefficient (Wildman–Crippen LogP) is 3.05. The van der Waals surface area contributed by atoms with Gasteiger partial charge in [-0.3, -0.25) is 19.3 Å². The first-order valence-corrected chi connectivity index (χ1v) is 10.6. The molecule has 6 nitrogen and oxygen atoms in total. The Balaban J connectivity index is 1.43. The van der Waals surface area contributed by atoms with Crippen molar-refractivity contribution in [1.29, 1.82) is 0 Å². The van der Waals surface area contributed by atoms with E-state index in [1.807, 2.05) is 30.3 Å². The van der Waals surface area contributed by atoms with Gasteiger partial charge in [0.05, 0.1) is 18.9 Å². The number of carbonyl (C=O) groups excluding carboxylic acids is 3. The number of hydrogen-bond donors (Lipinski definition) is 1. The highest BCUT2D eigenvalue weighted by Gasteiger charge is 2.61. The van der Waals surface area contributed by atoms with Crippen LogP contribution in [0, 0.1) is 23.7 Å². The molecule has 2 fully saturated rings. The molecule has 6 heteroatoms. The van der Waals surface area contributed by atoms with Crippen molar-refractivity contribution in [2.24, 2.45) is 23.7 Å². The first-order chi connectivity index (χ1) is 15.1. The molecule has 3 amide bonds. The van der Waals surface area contributed by atoms with Crippen molar-refractivity contribution in [3.05, 3.63) is 72.3 Å². The van der Waals surface area contributed by atoms with E-state index >= 15 is 0 Å². The summed E-state index contributed by atoms with van der Waals surface area (Å²) < 4.78 is 5.16. The van der Waals surface area contributed by atoms with Crippen molar-refractivity contribution in [1.82, 2.24) is 4.90 Å². The minimum Gasteiger partial charge on any atom is -0.497 e. The fourth-order valence-electron chi connectivity index (χ4n) is 5.27. The summed E-state index contributed by atoms with van der Waals surface area (Å²) in [5, 5.41) is 2.88. The number of likely N-dealkylation sites (tertiary alicyclic amines) is 1. The lowest BCUT2D eigenvalue weighted by molar-refractivity contribution is -0.147. The highest BCUT2D eigenvalue weighted by Crippen LogP contribution is 2.53. The Morgan fingerprint density at radius 2 is 1.61 bits per heavy atom. The summed E-state index contributed by atoms with van der Waals surface area (Å²) in [5.74, 6) is -0.535. The number of methoxy groups -OCH3 is 1. The Morgan fingerprint density at radius 1 is 1.00 bits per heavy atom. The van der Waals surface area contributed by atoms with Gasteiger partial charge in [0, 0.05) is 12.1 Å². The highest BCUT2D eigenvalue weighted by molar-refractivity contribution is 6.10. The van der Waals surface area contributed by atoms with Gasteiger partial charge < -0.3 is 10.1 Å². The second-order valence-electron chi connectivity index (χ2n) is 8.47. The number of nitrogens with zero attached hydrogens (tertiary/aromatic N) is 1. The van der Waals surface area contributed by atoms with E-state index in [0.29, 0.717) is 11.4 Å². The molecule has 1 N–H and O–H groups in total. The van der Waals surface area contributed by atoms with Gasteiger partial charge in [0.2, 0.25) is 17.7 Å². The number of hydrogen-bond acceptors (Lipinski definition) is 4. The van der Waals surface area contributed by atoms with Crippen LogP contribution in [0.5, 0.6) is 5.75 Å². The van der Waals surface area contributed by atoms with Gasteiger partial charge in [-0.25, -0.2) is 0 Å². The molecule has 1 heterocycles. The molecule has 31 heavy (non-hydrogen) atoms. The lowest BCUT2D eigenvalue weighted by atomic mass is 9.85. The second-order valence-corrected chi connectivity index (χ2v) is 8.47. The van der Waals surface area contributed by atoms with Gasteiger partial charge in [-0.1, -0.05) is 42.5 Å². The number of fused-ring (bicyclic) bond motifs is 5. The smallest absolute Gasteiger partial charge is 0.248 e. The standard InChI is InChI=1S/C25H24N2O4/c1-31-19-11-9-18(10-12-19)26-23(28)20(13-15-5-3-2-4-6-15)27-24(29)21-16-7-8-17(14-16)22(21)25(27)30/h2-12,16-17,20-22H,13-14H2,1H3,(H,26,28)/t16-,17-,20-,21-,22+/m0/s1. The maximum Gasteiger partial charge on any atom is 0.248 e. The van der Waals surface area contributed by atoms with Crippen LogP contribution in [-0.2, 0) is 20.8 Å². The first kappa shape index (κ1) is 19.5. The molecule has 2 aromatic carbocycles. The van der Waals surface area contributed by atoms with E-state index in [1.165, 1.54) is 4.90 Å². The molecule has 1 aliphatic heterocycles. The summed E-state index contributed by atoms with van der Waals surface area (Å²) in [7, 11) is 1.58. The molecule has 1 saturated heterocycles. The Morgan fingerprint density at radius 3 is 2.19 bits per heavy atom. The van der Waals surface area contributed by atoms with Crippen molar-refractivity contribution < 1.29 is 19.1 Å². The number of anilines is 1. The lowest BCUT2D eigenvalue weighted by Gasteiger charge is -2.27. The average molecular weight is 416 g/mol. The molecule has 0 unspecified atom stereocenters. The third-order valence-electron chi connectivity index (χ3n) is 6.75. The third-order valence-corrected chi connectivity index (χ3v) is 6.75. The van der Waals surface area contributed by atoms with Crippen LogP contribution in [0.3, 0.4) is 0 Å². The molecular formula is C25H24N2O4. The fourth-order valence-corrected chi connectivity index (χ4v) is 5.27. The van der Waals surface area contributed by atoms with Crippen LogP contribution in [0.4, 0.5) is 5.69 Å². The summed E-state index contributed by atoms with van der Waals surface area (Å²) in [6.45, 7) is 0. The normalized spacial score (nSPS) is 26.8. The van der Waals surface area contributed by atoms with Gasteiger partial charge in [-0.2, -0.15) is 0 Å². The molecule has 5 atom stereocenters. The number of amides is 3. The zero-order valence-corrected chi connectivity index (χ0v) is 17.2. The van der Waals surface area contributed by atoms with E-state index in [2.05, 4.69) is 17.5 Å². The number of ether oxygens (including phenoxy) is 1. The summed E-state index contributed by atoms with van der Waals surface area (Å²) >= 11 is 0. The topological polar surface area (TPSA) is 75.7 Å². The summed E-state index contributed by atoms with van der Waals surface area (Å²) in [5.41, 5.74) is 1.49. The van der Waals surface area contributed by atoms with Crippen LogP contribution in [0.1, 0.15) is 12.0 Å². The van der Waals surface area contributed by atoms with E-state index in [0.717, 1.165) is 12.0 Å². The highest BCUT2D eigenvalue weighted by atomic mass is 16.5. The lowest BCUT2D eigenvalue weighted by Crippen LogP contribution is -2.49. The van der Waals surface area contributed by atoms with Crippen LogP contribution in [-0.4, -0.2) is 35.8 Å². The Kier molecular flexibility index (Phi) is 4.85. The van der Waals surface area contributed by atoms with Crippen molar-refractivity contribution in [3.63, 3.8) is 0 Å². The molecule has 0 radical (unpaired) electrons. The van der Waals surface area contributed by atoms with Gasteiger partial charge in [0.15, 0.2) is 0 Å².